The Bertz CT molecular complexity index is 909. The summed E-state index contributed by atoms with van der Waals surface area (Å²) in [5.74, 6) is -1.12. The van der Waals surface area contributed by atoms with E-state index in [1.807, 2.05) is 0 Å². The van der Waals surface area contributed by atoms with Gasteiger partial charge in [0.2, 0.25) is 23.6 Å². The van der Waals surface area contributed by atoms with Crippen LogP contribution in [-0.2, 0) is 42.9 Å². The number of ether oxygens (including phenoxy) is 4. The Morgan fingerprint density at radius 2 is 0.736 bits per heavy atom. The fourth-order valence-electron chi connectivity index (χ4n) is 5.34. The van der Waals surface area contributed by atoms with Gasteiger partial charge in [0.05, 0.1) is 39.6 Å². The maximum atomic E-state index is 12.1. The lowest BCUT2D eigenvalue weighted by Crippen LogP contribution is -2.32. The van der Waals surface area contributed by atoms with Gasteiger partial charge in [-0.3, -0.25) is 24.0 Å². The molecule has 0 bridgehead atoms. The van der Waals surface area contributed by atoms with E-state index in [4.69, 9.17) is 24.1 Å². The summed E-state index contributed by atoms with van der Waals surface area (Å²) in [7, 11) is 0. The Morgan fingerprint density at radius 3 is 1.21 bits per heavy atom. The highest BCUT2D eigenvalue weighted by Gasteiger charge is 2.05. The van der Waals surface area contributed by atoms with E-state index in [1.165, 1.54) is 51.4 Å². The molecule has 0 spiro atoms. The van der Waals surface area contributed by atoms with E-state index in [-0.39, 0.29) is 43.4 Å². The maximum Gasteiger partial charge on any atom is 0.303 e. The molecular weight excluding hydrogens is 684 g/mol. The number of carbonyl (C=O) groups excluding carboxylic acids is 4. The summed E-state index contributed by atoms with van der Waals surface area (Å²) >= 11 is 0. The first-order valence-corrected chi connectivity index (χ1v) is 20.4. The number of rotatable bonds is 41. The Hall–Kier alpha value is -2.81. The number of nitrogens with one attached hydrogen (secondary N) is 4. The first-order chi connectivity index (χ1) is 25.8. The number of unbranched alkanes of at least 4 members (excludes halogenated alkanes) is 15. The van der Waals surface area contributed by atoms with Gasteiger partial charge in [-0.1, -0.05) is 96.8 Å². The van der Waals surface area contributed by atoms with Crippen LogP contribution in [0.3, 0.4) is 0 Å². The van der Waals surface area contributed by atoms with Crippen molar-refractivity contribution >= 4 is 29.6 Å². The second-order valence-corrected chi connectivity index (χ2v) is 13.4. The number of hydrogen-bond acceptors (Lipinski definition) is 9. The number of carboxylic acid groups (broad SMARTS) is 1. The highest BCUT2D eigenvalue weighted by atomic mass is 16.5. The van der Waals surface area contributed by atoms with Crippen LogP contribution in [0.1, 0.15) is 142 Å². The number of amides is 4. The maximum absolute atomic E-state index is 12.1. The molecule has 0 aliphatic carbocycles. The van der Waals surface area contributed by atoms with Crippen molar-refractivity contribution < 1.29 is 48.0 Å². The van der Waals surface area contributed by atoms with E-state index in [9.17, 15) is 24.0 Å². The predicted octanol–water partition coefficient (Wildman–Crippen LogP) is 4.81. The van der Waals surface area contributed by atoms with Crippen LogP contribution < -0.4 is 21.3 Å². The van der Waals surface area contributed by atoms with Crippen molar-refractivity contribution in [2.24, 2.45) is 0 Å². The van der Waals surface area contributed by atoms with Crippen LogP contribution in [-0.4, -0.2) is 114 Å². The van der Waals surface area contributed by atoms with Crippen molar-refractivity contribution in [3.63, 3.8) is 0 Å². The molecule has 0 aliphatic rings. The zero-order valence-electron chi connectivity index (χ0n) is 33.0. The monoisotopic (exact) mass is 759 g/mol. The molecule has 0 heterocycles. The topological polar surface area (TPSA) is 191 Å². The average molecular weight is 759 g/mol. The van der Waals surface area contributed by atoms with Crippen LogP contribution in [0.25, 0.3) is 0 Å². The van der Waals surface area contributed by atoms with Crippen LogP contribution in [0.5, 0.6) is 0 Å². The van der Waals surface area contributed by atoms with Crippen LogP contribution in [0.15, 0.2) is 0 Å². The van der Waals surface area contributed by atoms with Gasteiger partial charge in [-0.2, -0.15) is 0 Å². The van der Waals surface area contributed by atoms with Crippen LogP contribution in [0, 0.1) is 0 Å². The van der Waals surface area contributed by atoms with Crippen LogP contribution >= 0.6 is 0 Å². The van der Waals surface area contributed by atoms with Gasteiger partial charge in [-0.15, -0.1) is 0 Å². The van der Waals surface area contributed by atoms with Crippen LogP contribution in [0.4, 0.5) is 0 Å². The van der Waals surface area contributed by atoms with Crippen molar-refractivity contribution in [2.45, 2.75) is 142 Å². The number of carbonyl (C=O) groups is 5. The van der Waals surface area contributed by atoms with Gasteiger partial charge in [0.1, 0.15) is 13.2 Å². The minimum atomic E-state index is -0.693. The highest BCUT2D eigenvalue weighted by molar-refractivity contribution is 5.78. The average Bonchev–Trinajstić information content (AvgIpc) is 3.13. The van der Waals surface area contributed by atoms with E-state index >= 15 is 0 Å². The second-order valence-electron chi connectivity index (χ2n) is 13.4. The molecule has 5 N–H and O–H groups in total. The van der Waals surface area contributed by atoms with Gasteiger partial charge in [-0.05, 0) is 25.7 Å². The lowest BCUT2D eigenvalue weighted by molar-refractivity contribution is -0.137. The molecule has 14 heteroatoms. The fraction of sp³-hybridized carbons (Fsp3) is 0.872. The molecule has 4 amide bonds. The lowest BCUT2D eigenvalue weighted by Gasteiger charge is -2.09. The van der Waals surface area contributed by atoms with Gasteiger partial charge in [0.25, 0.3) is 0 Å². The van der Waals surface area contributed by atoms with Crippen molar-refractivity contribution in [1.29, 1.82) is 0 Å². The third-order valence-electron chi connectivity index (χ3n) is 8.40. The summed E-state index contributed by atoms with van der Waals surface area (Å²) in [6.07, 6.45) is 21.1. The van der Waals surface area contributed by atoms with Crippen LogP contribution in [0.2, 0.25) is 0 Å². The molecule has 310 valence electrons. The normalized spacial score (nSPS) is 11.0. The molecule has 0 unspecified atom stereocenters. The Morgan fingerprint density at radius 1 is 0.377 bits per heavy atom. The molecule has 0 aromatic carbocycles. The summed E-state index contributed by atoms with van der Waals surface area (Å²) in [5, 5.41) is 19.8. The molecule has 0 saturated carbocycles. The smallest absolute Gasteiger partial charge is 0.303 e. The van der Waals surface area contributed by atoms with E-state index in [0.717, 1.165) is 57.8 Å². The van der Waals surface area contributed by atoms with Crippen molar-refractivity contribution in [3.05, 3.63) is 0 Å². The summed E-state index contributed by atoms with van der Waals surface area (Å²) in [6, 6.07) is 0. The lowest BCUT2D eigenvalue weighted by atomic mass is 10.0. The Balaban J connectivity index is 3.36. The fourth-order valence-corrected chi connectivity index (χ4v) is 5.34. The summed E-state index contributed by atoms with van der Waals surface area (Å²) in [4.78, 5) is 57.9. The molecule has 0 radical (unpaired) electrons. The van der Waals surface area contributed by atoms with E-state index in [2.05, 4.69) is 28.2 Å². The van der Waals surface area contributed by atoms with Crippen molar-refractivity contribution in [2.75, 3.05) is 79.0 Å². The van der Waals surface area contributed by atoms with Gasteiger partial charge in [0, 0.05) is 45.4 Å². The molecule has 0 aromatic rings. The van der Waals surface area contributed by atoms with E-state index in [1.54, 1.807) is 0 Å². The largest absolute Gasteiger partial charge is 0.481 e. The Labute approximate surface area is 319 Å². The number of carboxylic acids is 1. The summed E-state index contributed by atoms with van der Waals surface area (Å²) < 4.78 is 21.4. The van der Waals surface area contributed by atoms with Gasteiger partial charge < -0.3 is 45.3 Å². The minimum absolute atomic E-state index is 0.0117. The molecule has 0 saturated heterocycles. The molecule has 0 rings (SSSR count). The number of hydrogen-bond donors (Lipinski definition) is 5. The quantitative estimate of drug-likeness (QED) is 0.0541. The molecule has 0 fully saturated rings. The van der Waals surface area contributed by atoms with Gasteiger partial charge in [0.15, 0.2) is 0 Å². The molecule has 53 heavy (non-hydrogen) atoms. The Kier molecular flexibility index (Phi) is 38.2. The zero-order chi connectivity index (χ0) is 38.9. The summed E-state index contributed by atoms with van der Waals surface area (Å²) in [6.45, 7) is 5.76. The first kappa shape index (κ1) is 50.2. The first-order valence-electron chi connectivity index (χ1n) is 20.4. The van der Waals surface area contributed by atoms with Crippen molar-refractivity contribution in [1.82, 2.24) is 21.3 Å². The second kappa shape index (κ2) is 40.4. The minimum Gasteiger partial charge on any atom is -0.481 e. The molecule has 14 nitrogen and oxygen atoms in total. The third kappa shape index (κ3) is 41.8. The molecule has 0 aromatic heterocycles. The van der Waals surface area contributed by atoms with E-state index < -0.39 is 5.97 Å². The van der Waals surface area contributed by atoms with Gasteiger partial charge in [-0.25, -0.2) is 0 Å². The highest BCUT2D eigenvalue weighted by Crippen LogP contribution is 2.13. The molecule has 0 aliphatic heterocycles. The van der Waals surface area contributed by atoms with Gasteiger partial charge >= 0.3 is 5.97 Å². The zero-order valence-corrected chi connectivity index (χ0v) is 33.0. The predicted molar refractivity (Wildman–Crippen MR) is 206 cm³/mol. The molecular formula is C39H74N4O10. The standard InChI is InChI=1S/C39H74N4O10/c1-2-3-18-23-41-37(46)33-52-31-30-51-28-26-43-38(47)34-53-32-29-50-27-25-42-36(45)21-19-24-40-35(44)20-16-14-12-10-8-6-4-5-7-9-11-13-15-17-22-39(48)49/h2-34H2,1H3,(H,40,44)(H,41,46)(H,42,45)(H,43,47)(H,48,49). The summed E-state index contributed by atoms with van der Waals surface area (Å²) in [5.41, 5.74) is 0. The molecule has 0 atom stereocenters. The SMILES string of the molecule is CCCCCNC(=O)COCCOCCNC(=O)COCCOCCNC(=O)CCCNC(=O)CCCCCCCCCCCCCCCCC(=O)O. The van der Waals surface area contributed by atoms with Crippen molar-refractivity contribution in [3.8, 4) is 0 Å². The third-order valence-corrected chi connectivity index (χ3v) is 8.40. The van der Waals surface area contributed by atoms with E-state index in [0.29, 0.717) is 84.9 Å². The number of aliphatic carboxylic acids is 1.